The molecule has 3 heterocycles. The maximum Gasteiger partial charge on any atom is 0.242 e. The summed E-state index contributed by atoms with van der Waals surface area (Å²) in [5, 5.41) is 37.6. The van der Waals surface area contributed by atoms with Crippen LogP contribution in [-0.2, 0) is 21.6 Å². The van der Waals surface area contributed by atoms with Crippen molar-refractivity contribution in [3.63, 3.8) is 0 Å². The highest BCUT2D eigenvalue weighted by Gasteiger charge is 2.56. The van der Waals surface area contributed by atoms with Crippen LogP contribution in [0.5, 0.6) is 0 Å². The number of nitrogens with zero attached hydrogens (tertiary/aromatic N) is 4. The molecule has 33 heavy (non-hydrogen) atoms. The van der Waals surface area contributed by atoms with Crippen LogP contribution in [0.25, 0.3) is 5.52 Å². The summed E-state index contributed by atoms with van der Waals surface area (Å²) in [5.74, 6) is -0.756. The number of nitriles is 1. The summed E-state index contributed by atoms with van der Waals surface area (Å²) in [5.41, 5.74) is 5.40. The summed E-state index contributed by atoms with van der Waals surface area (Å²) in [4.78, 5) is 16.8. The van der Waals surface area contributed by atoms with Crippen LogP contribution in [0.4, 0.5) is 10.2 Å². The fourth-order valence-electron chi connectivity index (χ4n) is 4.00. The van der Waals surface area contributed by atoms with Gasteiger partial charge in [0.15, 0.2) is 5.82 Å². The van der Waals surface area contributed by atoms with Crippen LogP contribution in [0.15, 0.2) is 42.7 Å². The molecule has 5 atom stereocenters. The van der Waals surface area contributed by atoms with Gasteiger partial charge in [-0.25, -0.2) is 13.9 Å². The summed E-state index contributed by atoms with van der Waals surface area (Å²) in [7, 11) is 0. The third-order valence-electron chi connectivity index (χ3n) is 5.81. The highest BCUT2D eigenvalue weighted by atomic mass is 19.1. The van der Waals surface area contributed by atoms with Crippen molar-refractivity contribution in [1.29, 1.82) is 5.26 Å². The molecule has 0 spiro atoms. The Bertz CT molecular complexity index is 1210. The van der Waals surface area contributed by atoms with Crippen molar-refractivity contribution in [2.75, 3.05) is 5.32 Å². The molecule has 172 valence electrons. The number of carbonyl (C=O) groups excluding carboxylic acids is 1. The molecule has 3 aromatic rings. The van der Waals surface area contributed by atoms with Crippen LogP contribution in [0.2, 0.25) is 0 Å². The predicted octanol–water partition coefficient (Wildman–Crippen LogP) is 0.626. The number of hydrogen-bond acceptors (Lipinski definition) is 8. The predicted molar refractivity (Wildman–Crippen MR) is 114 cm³/mol. The van der Waals surface area contributed by atoms with Gasteiger partial charge in [-0.05, 0) is 42.7 Å². The molecule has 0 bridgehead atoms. The highest BCUT2D eigenvalue weighted by molar-refractivity contribution is 5.97. The van der Waals surface area contributed by atoms with E-state index >= 15 is 0 Å². The normalized spacial score (nSPS) is 25.6. The van der Waals surface area contributed by atoms with Crippen molar-refractivity contribution in [2.24, 2.45) is 5.73 Å². The lowest BCUT2D eigenvalue weighted by molar-refractivity contribution is -0.117. The summed E-state index contributed by atoms with van der Waals surface area (Å²) in [6, 6.07) is 9.83. The van der Waals surface area contributed by atoms with Gasteiger partial charge in [-0.3, -0.25) is 4.79 Å². The van der Waals surface area contributed by atoms with Crippen molar-refractivity contribution < 1.29 is 24.1 Å². The fourth-order valence-corrected chi connectivity index (χ4v) is 4.00. The van der Waals surface area contributed by atoms with E-state index in [0.717, 1.165) is 0 Å². The molecule has 1 amide bonds. The maximum atomic E-state index is 13.1. The van der Waals surface area contributed by atoms with E-state index in [4.69, 9.17) is 10.5 Å². The lowest BCUT2D eigenvalue weighted by Gasteiger charge is -2.24. The number of fused-ring (bicyclic) bond motifs is 1. The van der Waals surface area contributed by atoms with Gasteiger partial charge in [0.1, 0.15) is 35.9 Å². The summed E-state index contributed by atoms with van der Waals surface area (Å²) >= 11 is 0. The first kappa shape index (κ1) is 22.8. The summed E-state index contributed by atoms with van der Waals surface area (Å²) in [6.07, 6.45) is -1.71. The standard InChI is InChI=1S/C22H23FN6O4/c1-2-16-18(30)19(31)22(10-24,33-16)17-8-7-15-20(26-11-27-29(15)17)28-21(32)14(25)9-12-3-5-13(23)6-4-12/h3-8,11,14,16,18-19,30-31H,2,9,25H2,1H3,(H,26,27,28,32)/t14-,16+,18+,19+,22-/m0/s1. The quantitative estimate of drug-likeness (QED) is 0.422. The first-order valence-electron chi connectivity index (χ1n) is 10.4. The third-order valence-corrected chi connectivity index (χ3v) is 5.81. The van der Waals surface area contributed by atoms with E-state index in [1.54, 1.807) is 25.1 Å². The number of hydrogen-bond donors (Lipinski definition) is 4. The Morgan fingerprint density at radius 1 is 1.36 bits per heavy atom. The van der Waals surface area contributed by atoms with E-state index in [9.17, 15) is 24.7 Å². The van der Waals surface area contributed by atoms with Gasteiger partial charge >= 0.3 is 0 Å². The Hall–Kier alpha value is -3.43. The molecule has 10 nitrogen and oxygen atoms in total. The number of carbonyl (C=O) groups is 1. The van der Waals surface area contributed by atoms with Crippen LogP contribution in [-0.4, -0.2) is 55.1 Å². The number of amides is 1. The molecular formula is C22H23FN6O4. The molecule has 4 rings (SSSR count). The summed E-state index contributed by atoms with van der Waals surface area (Å²) in [6.45, 7) is 1.77. The third kappa shape index (κ3) is 3.94. The molecule has 0 saturated carbocycles. The lowest BCUT2D eigenvalue weighted by Crippen LogP contribution is -2.41. The molecule has 0 radical (unpaired) electrons. The Kier molecular flexibility index (Phi) is 6.09. The maximum absolute atomic E-state index is 13.1. The average molecular weight is 454 g/mol. The largest absolute Gasteiger partial charge is 0.388 e. The van der Waals surface area contributed by atoms with E-state index in [-0.39, 0.29) is 23.7 Å². The average Bonchev–Trinajstić information content (AvgIpc) is 3.36. The van der Waals surface area contributed by atoms with Crippen LogP contribution in [0.1, 0.15) is 24.6 Å². The second kappa shape index (κ2) is 8.84. The van der Waals surface area contributed by atoms with E-state index < -0.39 is 35.9 Å². The van der Waals surface area contributed by atoms with Crippen LogP contribution < -0.4 is 11.1 Å². The number of halogens is 1. The molecule has 11 heteroatoms. The number of aliphatic hydroxyl groups excluding tert-OH is 2. The SMILES string of the molecule is CC[C@H]1O[C@@](C#N)(c2ccc3c(NC(=O)[C@@H](N)Cc4ccc(F)cc4)ncnn23)[C@H](O)[C@@H]1O. The molecule has 1 aliphatic rings. The van der Waals surface area contributed by atoms with Gasteiger partial charge in [0.2, 0.25) is 11.5 Å². The van der Waals surface area contributed by atoms with Crippen molar-refractivity contribution in [2.45, 2.75) is 49.7 Å². The van der Waals surface area contributed by atoms with Crippen LogP contribution in [0.3, 0.4) is 0 Å². The number of nitrogens with two attached hydrogens (primary N) is 1. The highest BCUT2D eigenvalue weighted by Crippen LogP contribution is 2.41. The van der Waals surface area contributed by atoms with Gasteiger partial charge in [-0.1, -0.05) is 19.1 Å². The Morgan fingerprint density at radius 2 is 2.09 bits per heavy atom. The number of aliphatic hydroxyl groups is 2. The number of nitrogens with one attached hydrogen (secondary N) is 1. The van der Waals surface area contributed by atoms with Gasteiger partial charge in [0.05, 0.1) is 17.8 Å². The topological polar surface area (TPSA) is 159 Å². The lowest BCUT2D eigenvalue weighted by atomic mass is 9.92. The molecule has 5 N–H and O–H groups in total. The zero-order valence-electron chi connectivity index (χ0n) is 17.7. The van der Waals surface area contributed by atoms with Crippen LogP contribution in [0, 0.1) is 17.1 Å². The minimum Gasteiger partial charge on any atom is -0.388 e. The Balaban J connectivity index is 1.61. The molecule has 1 fully saturated rings. The summed E-state index contributed by atoms with van der Waals surface area (Å²) < 4.78 is 20.2. The van der Waals surface area contributed by atoms with E-state index in [2.05, 4.69) is 15.4 Å². The van der Waals surface area contributed by atoms with Crippen molar-refractivity contribution in [1.82, 2.24) is 14.6 Å². The minimum absolute atomic E-state index is 0.143. The van der Waals surface area contributed by atoms with Gasteiger partial charge in [-0.15, -0.1) is 0 Å². The second-order valence-corrected chi connectivity index (χ2v) is 7.90. The monoisotopic (exact) mass is 454 g/mol. The van der Waals surface area contributed by atoms with E-state index in [1.165, 1.54) is 29.0 Å². The van der Waals surface area contributed by atoms with Crippen LogP contribution >= 0.6 is 0 Å². The van der Waals surface area contributed by atoms with E-state index in [1.807, 2.05) is 6.07 Å². The van der Waals surface area contributed by atoms with Gasteiger partial charge in [-0.2, -0.15) is 10.4 Å². The number of ether oxygens (including phenoxy) is 1. The molecular weight excluding hydrogens is 431 g/mol. The fraction of sp³-hybridized carbons (Fsp3) is 0.364. The van der Waals surface area contributed by atoms with Gasteiger partial charge < -0.3 is 26.0 Å². The first-order chi connectivity index (χ1) is 15.8. The van der Waals surface area contributed by atoms with Crippen molar-refractivity contribution >= 4 is 17.2 Å². The van der Waals surface area contributed by atoms with E-state index in [0.29, 0.717) is 17.5 Å². The minimum atomic E-state index is -1.85. The second-order valence-electron chi connectivity index (χ2n) is 7.90. The molecule has 1 aliphatic heterocycles. The van der Waals surface area contributed by atoms with Gasteiger partial charge in [0, 0.05) is 0 Å². The zero-order chi connectivity index (χ0) is 23.8. The van der Waals surface area contributed by atoms with Crippen molar-refractivity contribution in [3.8, 4) is 6.07 Å². The number of rotatable bonds is 6. The van der Waals surface area contributed by atoms with Crippen molar-refractivity contribution in [3.05, 3.63) is 59.8 Å². The Labute approximate surface area is 188 Å². The molecule has 1 saturated heterocycles. The number of anilines is 1. The first-order valence-corrected chi connectivity index (χ1v) is 10.4. The molecule has 0 aliphatic carbocycles. The molecule has 1 aromatic carbocycles. The molecule has 0 unspecified atom stereocenters. The van der Waals surface area contributed by atoms with Gasteiger partial charge in [0.25, 0.3) is 0 Å². The Morgan fingerprint density at radius 3 is 2.73 bits per heavy atom. The zero-order valence-corrected chi connectivity index (χ0v) is 17.7. The molecule has 2 aromatic heterocycles. The number of benzene rings is 1. The smallest absolute Gasteiger partial charge is 0.242 e. The number of aromatic nitrogens is 3.